The maximum Gasteiger partial charge on any atom is 0.333 e. The fraction of sp³-hybridized carbons (Fsp3) is 0.667. The molecule has 0 saturated heterocycles. The van der Waals surface area contributed by atoms with E-state index in [9.17, 15) is 4.79 Å². The first-order valence-corrected chi connectivity index (χ1v) is 5.44. The summed E-state index contributed by atoms with van der Waals surface area (Å²) >= 11 is 9.30. The summed E-state index contributed by atoms with van der Waals surface area (Å²) in [6.07, 6.45) is 0.288. The second-order valence-corrected chi connectivity index (χ2v) is 6.87. The van der Waals surface area contributed by atoms with Crippen LogP contribution in [0.4, 0.5) is 0 Å². The molecule has 1 unspecified atom stereocenters. The van der Waals surface area contributed by atoms with Crippen LogP contribution in [0.1, 0.15) is 6.42 Å². The van der Waals surface area contributed by atoms with E-state index in [0.717, 1.165) is 0 Å². The molecule has 0 aliphatic carbocycles. The number of nitrogens with zero attached hydrogens (tertiary/aromatic N) is 1. The number of hydrogen-bond acceptors (Lipinski definition) is 3. The summed E-state index contributed by atoms with van der Waals surface area (Å²) < 4.78 is 3.52. The number of carbonyl (C=O) groups is 1. The van der Waals surface area contributed by atoms with E-state index in [-0.39, 0.29) is 6.42 Å². The molecular formula is C6H6Br3NO2. The minimum absolute atomic E-state index is 0.288. The molecule has 1 atom stereocenters. The lowest BCUT2D eigenvalue weighted by molar-refractivity contribution is -0.140. The first kappa shape index (κ1) is 12.4. The molecule has 0 rings (SSSR count). The molecule has 0 bridgehead atoms. The zero-order valence-corrected chi connectivity index (χ0v) is 10.9. The predicted molar refractivity (Wildman–Crippen MR) is 55.5 cm³/mol. The summed E-state index contributed by atoms with van der Waals surface area (Å²) in [5.74, 6) is -0.456. The van der Waals surface area contributed by atoms with Crippen molar-refractivity contribution in [3.8, 4) is 6.07 Å². The van der Waals surface area contributed by atoms with E-state index >= 15 is 0 Å². The Balaban J connectivity index is 4.24. The maximum absolute atomic E-state index is 11.0. The fourth-order valence-electron chi connectivity index (χ4n) is 0.503. The van der Waals surface area contributed by atoms with Crippen molar-refractivity contribution in [2.75, 3.05) is 7.11 Å². The van der Waals surface area contributed by atoms with Gasteiger partial charge in [0.2, 0.25) is 0 Å². The van der Waals surface area contributed by atoms with E-state index < -0.39 is 14.0 Å². The van der Waals surface area contributed by atoms with Crippen molar-refractivity contribution in [1.29, 1.82) is 5.26 Å². The Labute approximate surface area is 95.8 Å². The Kier molecular flexibility index (Phi) is 5.37. The van der Waals surface area contributed by atoms with E-state index in [2.05, 4.69) is 52.5 Å². The lowest BCUT2D eigenvalue weighted by Crippen LogP contribution is -2.28. The van der Waals surface area contributed by atoms with E-state index in [4.69, 9.17) is 5.26 Å². The van der Waals surface area contributed by atoms with Gasteiger partial charge in [-0.15, -0.1) is 0 Å². The molecule has 0 radical (unpaired) electrons. The number of halogens is 3. The minimum atomic E-state index is -0.974. The number of alkyl halides is 3. The summed E-state index contributed by atoms with van der Waals surface area (Å²) in [5, 5.41) is 8.46. The van der Waals surface area contributed by atoms with E-state index in [1.807, 2.05) is 6.07 Å². The molecule has 68 valence electrons. The molecule has 0 aromatic rings. The molecule has 0 amide bonds. The van der Waals surface area contributed by atoms with E-state index in [1.165, 1.54) is 7.11 Å². The van der Waals surface area contributed by atoms with Crippen LogP contribution in [0.5, 0.6) is 0 Å². The number of rotatable bonds is 3. The third-order valence-electron chi connectivity index (χ3n) is 1.06. The zero-order valence-electron chi connectivity index (χ0n) is 6.18. The molecule has 0 aromatic carbocycles. The van der Waals surface area contributed by atoms with Gasteiger partial charge in [-0.1, -0.05) is 47.8 Å². The molecule has 3 nitrogen and oxygen atoms in total. The summed E-state index contributed by atoms with van der Waals surface area (Å²) in [5.41, 5.74) is 0. The van der Waals surface area contributed by atoms with Crippen LogP contribution in [0.15, 0.2) is 0 Å². The van der Waals surface area contributed by atoms with Gasteiger partial charge in [-0.3, -0.25) is 0 Å². The molecule has 0 aliphatic heterocycles. The molecule has 0 saturated carbocycles. The van der Waals surface area contributed by atoms with Crippen molar-refractivity contribution in [1.82, 2.24) is 0 Å². The van der Waals surface area contributed by atoms with Crippen molar-refractivity contribution in [3.63, 3.8) is 0 Å². The number of hydrogen-bond donors (Lipinski definition) is 0. The Morgan fingerprint density at radius 3 is 2.58 bits per heavy atom. The van der Waals surface area contributed by atoms with Gasteiger partial charge in [-0.2, -0.15) is 5.26 Å². The minimum Gasteiger partial charge on any atom is -0.467 e. The van der Waals surface area contributed by atoms with Crippen molar-refractivity contribution < 1.29 is 9.53 Å². The molecule has 0 fully saturated rings. The number of methoxy groups -OCH3 is 1. The first-order chi connectivity index (χ1) is 5.44. The van der Waals surface area contributed by atoms with Crippen LogP contribution in [-0.2, 0) is 9.53 Å². The van der Waals surface area contributed by atoms with Gasteiger partial charge in [-0.05, 0) is 0 Å². The largest absolute Gasteiger partial charge is 0.467 e. The number of carbonyl (C=O) groups excluding carboxylic acids is 1. The highest BCUT2D eigenvalue weighted by atomic mass is 79.9. The van der Waals surface area contributed by atoms with Crippen LogP contribution in [0.3, 0.4) is 0 Å². The van der Waals surface area contributed by atoms with Gasteiger partial charge in [0.25, 0.3) is 0 Å². The van der Waals surface area contributed by atoms with Crippen molar-refractivity contribution in [2.45, 2.75) is 14.5 Å². The lowest BCUT2D eigenvalue weighted by atomic mass is 10.2. The van der Waals surface area contributed by atoms with E-state index in [1.54, 1.807) is 0 Å². The lowest BCUT2D eigenvalue weighted by Gasteiger charge is -2.17. The van der Waals surface area contributed by atoms with Gasteiger partial charge in [-0.25, -0.2) is 4.79 Å². The first-order valence-electron chi connectivity index (χ1n) is 2.94. The zero-order chi connectivity index (χ0) is 9.78. The van der Waals surface area contributed by atoms with Crippen molar-refractivity contribution in [2.24, 2.45) is 0 Å². The van der Waals surface area contributed by atoms with E-state index in [0.29, 0.717) is 0 Å². The highest BCUT2D eigenvalue weighted by molar-refractivity contribution is 9.26. The van der Waals surface area contributed by atoms with Gasteiger partial charge in [0, 0.05) is 6.42 Å². The smallest absolute Gasteiger partial charge is 0.333 e. The highest BCUT2D eigenvalue weighted by Gasteiger charge is 2.35. The van der Waals surface area contributed by atoms with Gasteiger partial charge in [0.15, 0.2) is 3.23 Å². The molecule has 0 spiro atoms. The van der Waals surface area contributed by atoms with Crippen molar-refractivity contribution >= 4 is 53.8 Å². The normalized spacial score (nSPS) is 13.2. The second-order valence-electron chi connectivity index (χ2n) is 2.00. The Hall–Kier alpha value is 0.400. The third kappa shape index (κ3) is 3.87. The molecule has 6 heteroatoms. The highest BCUT2D eigenvalue weighted by Crippen LogP contribution is 2.34. The van der Waals surface area contributed by atoms with Crippen molar-refractivity contribution in [3.05, 3.63) is 0 Å². The predicted octanol–water partition coefficient (Wildman–Crippen LogP) is 2.32. The summed E-state index contributed by atoms with van der Waals surface area (Å²) in [6.45, 7) is 0. The maximum atomic E-state index is 11.0. The summed E-state index contributed by atoms with van der Waals surface area (Å²) in [4.78, 5) is 10.6. The van der Waals surface area contributed by atoms with Crippen LogP contribution >= 0.6 is 47.8 Å². The van der Waals surface area contributed by atoms with Gasteiger partial charge in [0.05, 0.1) is 13.2 Å². The SMILES string of the molecule is COC(=O)C(Br)(Br)CC(Br)C#N. The molecule has 0 aliphatic rings. The molecule has 0 heterocycles. The van der Waals surface area contributed by atoms with Crippen LogP contribution < -0.4 is 0 Å². The topological polar surface area (TPSA) is 50.1 Å². The standard InChI is InChI=1S/C6H6Br3NO2/c1-12-5(11)6(8,9)2-4(7)3-10/h4H,2H2,1H3. The van der Waals surface area contributed by atoms with Gasteiger partial charge in [0.1, 0.15) is 4.83 Å². The molecule has 0 N–H and O–H groups in total. The van der Waals surface area contributed by atoms with Gasteiger partial charge < -0.3 is 4.74 Å². The molecular weight excluding hydrogens is 358 g/mol. The number of esters is 1. The number of ether oxygens (including phenoxy) is 1. The van der Waals surface area contributed by atoms with Gasteiger partial charge >= 0.3 is 5.97 Å². The summed E-state index contributed by atoms with van der Waals surface area (Å²) in [6, 6.07) is 1.95. The molecule has 0 aromatic heterocycles. The monoisotopic (exact) mass is 361 g/mol. The quantitative estimate of drug-likeness (QED) is 0.571. The Bertz CT molecular complexity index is 211. The fourth-order valence-corrected chi connectivity index (χ4v) is 2.83. The average Bonchev–Trinajstić information content (AvgIpc) is 2.02. The second kappa shape index (κ2) is 5.20. The van der Waals surface area contributed by atoms with Crippen LogP contribution in [0.2, 0.25) is 0 Å². The van der Waals surface area contributed by atoms with Crippen LogP contribution in [0, 0.1) is 11.3 Å². The number of nitriles is 1. The Morgan fingerprint density at radius 2 is 2.25 bits per heavy atom. The Morgan fingerprint density at radius 1 is 1.75 bits per heavy atom. The summed E-state index contributed by atoms with van der Waals surface area (Å²) in [7, 11) is 1.29. The average molecular weight is 364 g/mol. The molecule has 12 heavy (non-hydrogen) atoms. The van der Waals surface area contributed by atoms with Crippen LogP contribution in [0.25, 0.3) is 0 Å². The van der Waals surface area contributed by atoms with Crippen LogP contribution in [-0.4, -0.2) is 21.1 Å². The third-order valence-corrected chi connectivity index (χ3v) is 2.88.